The molecule has 2 heteroatoms. The fraction of sp³-hybridized carbons (Fsp3) is 0.714. The number of anilines is 1. The third kappa shape index (κ3) is 2.16. The second-order valence-electron chi connectivity index (χ2n) is 12.9. The third-order valence-corrected chi connectivity index (χ3v) is 11.0. The highest BCUT2D eigenvalue weighted by molar-refractivity contribution is 5.63. The molecule has 2 saturated carbocycles. The zero-order valence-electron chi connectivity index (χ0n) is 20.2. The molecule has 1 aliphatic heterocycles. The standard InChI is InChI=1S/C28H40N2/c1-26(2)22-9-8-21(15-23(22)27(3,4)28(26,5)6)30-16-29(7)24-19-11-17-10-18(12-19)14-20(13-17)25(24)30/h8-9,15,17-20H,10-14,16H2,1-7H3. The molecule has 2 fully saturated rings. The summed E-state index contributed by atoms with van der Waals surface area (Å²) in [5, 5.41) is 0. The van der Waals surface area contributed by atoms with E-state index in [0.717, 1.165) is 30.3 Å². The summed E-state index contributed by atoms with van der Waals surface area (Å²) < 4.78 is 0. The lowest BCUT2D eigenvalue weighted by molar-refractivity contribution is 0.125. The summed E-state index contributed by atoms with van der Waals surface area (Å²) in [6.07, 6.45) is 7.28. The molecule has 7 rings (SSSR count). The number of benzene rings is 1. The van der Waals surface area contributed by atoms with E-state index >= 15 is 0 Å². The maximum absolute atomic E-state index is 2.72. The van der Waals surface area contributed by atoms with Gasteiger partial charge in [-0.05, 0) is 83.4 Å². The van der Waals surface area contributed by atoms with Gasteiger partial charge in [-0.3, -0.25) is 0 Å². The quantitative estimate of drug-likeness (QED) is 0.516. The van der Waals surface area contributed by atoms with Crippen molar-refractivity contribution < 1.29 is 0 Å². The first kappa shape index (κ1) is 19.3. The van der Waals surface area contributed by atoms with Crippen molar-refractivity contribution in [3.05, 3.63) is 40.7 Å². The van der Waals surface area contributed by atoms with Crippen LogP contribution in [0, 0.1) is 29.1 Å². The largest absolute Gasteiger partial charge is 0.358 e. The van der Waals surface area contributed by atoms with Crippen LogP contribution < -0.4 is 4.90 Å². The van der Waals surface area contributed by atoms with Gasteiger partial charge in [0.05, 0.1) is 6.67 Å². The molecule has 2 nitrogen and oxygen atoms in total. The fourth-order valence-electron chi connectivity index (χ4n) is 8.38. The molecule has 5 aliphatic carbocycles. The first-order chi connectivity index (χ1) is 14.0. The van der Waals surface area contributed by atoms with Crippen molar-refractivity contribution in [2.75, 3.05) is 18.6 Å². The Balaban J connectivity index is 1.46. The smallest absolute Gasteiger partial charge is 0.0944 e. The Morgan fingerprint density at radius 3 is 1.93 bits per heavy atom. The first-order valence-electron chi connectivity index (χ1n) is 12.4. The van der Waals surface area contributed by atoms with Gasteiger partial charge in [-0.2, -0.15) is 0 Å². The molecule has 162 valence electrons. The summed E-state index contributed by atoms with van der Waals surface area (Å²) in [5.41, 5.74) is 8.59. The van der Waals surface area contributed by atoms with E-state index in [0.29, 0.717) is 0 Å². The summed E-state index contributed by atoms with van der Waals surface area (Å²) in [6.45, 7) is 15.8. The van der Waals surface area contributed by atoms with Crippen molar-refractivity contribution in [2.24, 2.45) is 29.1 Å². The number of allylic oxidation sites excluding steroid dienone is 2. The van der Waals surface area contributed by atoms with Crippen LogP contribution in [0.1, 0.15) is 84.8 Å². The highest BCUT2D eigenvalue weighted by Gasteiger charge is 2.57. The molecular formula is C28H40N2. The van der Waals surface area contributed by atoms with Gasteiger partial charge >= 0.3 is 0 Å². The normalized spacial score (nSPS) is 36.9. The van der Waals surface area contributed by atoms with Crippen LogP contribution in [-0.4, -0.2) is 18.6 Å². The van der Waals surface area contributed by atoms with Gasteiger partial charge in [0.15, 0.2) is 0 Å². The Morgan fingerprint density at radius 2 is 1.30 bits per heavy atom. The molecule has 0 radical (unpaired) electrons. The average Bonchev–Trinajstić information content (AvgIpc) is 2.98. The number of hydrogen-bond acceptors (Lipinski definition) is 2. The molecule has 0 N–H and O–H groups in total. The summed E-state index contributed by atoms with van der Waals surface area (Å²) >= 11 is 0. The van der Waals surface area contributed by atoms with Gasteiger partial charge in [-0.1, -0.05) is 47.6 Å². The maximum Gasteiger partial charge on any atom is 0.0944 e. The summed E-state index contributed by atoms with van der Waals surface area (Å²) in [5.74, 6) is 3.56. The van der Waals surface area contributed by atoms with Crippen molar-refractivity contribution in [3.8, 4) is 0 Å². The molecule has 1 aromatic carbocycles. The van der Waals surface area contributed by atoms with Crippen LogP contribution >= 0.6 is 0 Å². The van der Waals surface area contributed by atoms with E-state index in [4.69, 9.17) is 0 Å². The molecular weight excluding hydrogens is 364 g/mol. The van der Waals surface area contributed by atoms with Crippen molar-refractivity contribution in [1.82, 2.24) is 4.90 Å². The predicted octanol–water partition coefficient (Wildman–Crippen LogP) is 6.66. The van der Waals surface area contributed by atoms with Crippen LogP contribution in [0.2, 0.25) is 0 Å². The number of rotatable bonds is 1. The molecule has 4 bridgehead atoms. The SMILES string of the molecule is CN1CN(c2ccc3c(c2)C(C)(C)C(C)(C)C3(C)C)C2=C1C1CC3CC(C1)CC2C3. The number of hydrogen-bond donors (Lipinski definition) is 0. The van der Waals surface area contributed by atoms with E-state index in [2.05, 4.69) is 76.6 Å². The lowest BCUT2D eigenvalue weighted by Gasteiger charge is -2.44. The van der Waals surface area contributed by atoms with E-state index in [1.807, 2.05) is 0 Å². The van der Waals surface area contributed by atoms with Crippen LogP contribution in [0.4, 0.5) is 5.69 Å². The lowest BCUT2D eigenvalue weighted by Crippen LogP contribution is -2.42. The zero-order chi connectivity index (χ0) is 21.2. The molecule has 6 aliphatic rings. The van der Waals surface area contributed by atoms with Crippen LogP contribution in [-0.2, 0) is 10.8 Å². The van der Waals surface area contributed by atoms with Crippen molar-refractivity contribution in [1.29, 1.82) is 0 Å². The molecule has 1 aromatic rings. The molecule has 0 spiro atoms. The highest BCUT2D eigenvalue weighted by atomic mass is 15.4. The molecule has 30 heavy (non-hydrogen) atoms. The van der Waals surface area contributed by atoms with Gasteiger partial charge < -0.3 is 9.80 Å². The third-order valence-electron chi connectivity index (χ3n) is 11.0. The van der Waals surface area contributed by atoms with Gasteiger partial charge in [0.25, 0.3) is 0 Å². The Kier molecular flexibility index (Phi) is 3.64. The fourth-order valence-corrected chi connectivity index (χ4v) is 8.38. The Bertz CT molecular complexity index is 935. The minimum absolute atomic E-state index is 0.172. The molecule has 2 unspecified atom stereocenters. The minimum Gasteiger partial charge on any atom is -0.358 e. The lowest BCUT2D eigenvalue weighted by atomic mass is 9.59. The molecule has 0 aromatic heterocycles. The second kappa shape index (κ2) is 5.67. The molecule has 1 heterocycles. The Labute approximate surface area is 183 Å². The number of fused-ring (bicyclic) bond motifs is 1. The summed E-state index contributed by atoms with van der Waals surface area (Å²) in [6, 6.07) is 7.49. The van der Waals surface area contributed by atoms with E-state index < -0.39 is 0 Å². The Morgan fingerprint density at radius 1 is 0.733 bits per heavy atom. The van der Waals surface area contributed by atoms with Gasteiger partial charge in [0.2, 0.25) is 0 Å². The van der Waals surface area contributed by atoms with Gasteiger partial charge in [-0.15, -0.1) is 0 Å². The van der Waals surface area contributed by atoms with Crippen LogP contribution in [0.5, 0.6) is 0 Å². The van der Waals surface area contributed by atoms with Gasteiger partial charge in [0, 0.05) is 36.0 Å². The average molecular weight is 405 g/mol. The maximum atomic E-state index is 2.72. The van der Waals surface area contributed by atoms with Crippen LogP contribution in [0.25, 0.3) is 0 Å². The predicted molar refractivity (Wildman–Crippen MR) is 125 cm³/mol. The van der Waals surface area contributed by atoms with Crippen LogP contribution in [0.15, 0.2) is 29.6 Å². The zero-order valence-corrected chi connectivity index (χ0v) is 20.2. The Hall–Kier alpha value is -1.44. The van der Waals surface area contributed by atoms with E-state index in [1.54, 1.807) is 22.5 Å². The topological polar surface area (TPSA) is 6.48 Å². The monoisotopic (exact) mass is 404 g/mol. The highest BCUT2D eigenvalue weighted by Crippen LogP contribution is 2.62. The van der Waals surface area contributed by atoms with E-state index in [1.165, 1.54) is 37.8 Å². The van der Waals surface area contributed by atoms with Gasteiger partial charge in [-0.25, -0.2) is 0 Å². The summed E-state index contributed by atoms with van der Waals surface area (Å²) in [7, 11) is 2.35. The van der Waals surface area contributed by atoms with Crippen molar-refractivity contribution in [2.45, 2.75) is 84.5 Å². The van der Waals surface area contributed by atoms with Crippen molar-refractivity contribution in [3.63, 3.8) is 0 Å². The minimum atomic E-state index is 0.172. The van der Waals surface area contributed by atoms with Crippen LogP contribution in [0.3, 0.4) is 0 Å². The van der Waals surface area contributed by atoms with Crippen molar-refractivity contribution >= 4 is 5.69 Å². The first-order valence-corrected chi connectivity index (χ1v) is 12.4. The summed E-state index contributed by atoms with van der Waals surface area (Å²) in [4.78, 5) is 5.33. The molecule has 2 atom stereocenters. The second-order valence-corrected chi connectivity index (χ2v) is 12.9. The number of nitrogens with zero attached hydrogens (tertiary/aromatic N) is 2. The molecule has 0 amide bonds. The van der Waals surface area contributed by atoms with E-state index in [-0.39, 0.29) is 16.2 Å². The van der Waals surface area contributed by atoms with E-state index in [9.17, 15) is 0 Å². The van der Waals surface area contributed by atoms with Gasteiger partial charge in [0.1, 0.15) is 0 Å². The molecule has 0 saturated heterocycles.